The van der Waals surface area contributed by atoms with E-state index in [0.717, 1.165) is 16.9 Å². The van der Waals surface area contributed by atoms with Crippen LogP contribution in [-0.4, -0.2) is 32.8 Å². The SMILES string of the molecule is COC[C@@H](C)NC(=O)c1ccc(OC)c(COc2ccccc2C(C)C)c1. The maximum atomic E-state index is 12.5. The number of amides is 1. The number of hydrogen-bond acceptors (Lipinski definition) is 4. The molecule has 0 aliphatic carbocycles. The van der Waals surface area contributed by atoms with Crippen molar-refractivity contribution < 1.29 is 19.0 Å². The summed E-state index contributed by atoms with van der Waals surface area (Å²) in [5.74, 6) is 1.75. The molecule has 0 radical (unpaired) electrons. The molecule has 1 amide bonds. The van der Waals surface area contributed by atoms with Crippen molar-refractivity contribution in [1.29, 1.82) is 0 Å². The molecule has 0 aromatic heterocycles. The summed E-state index contributed by atoms with van der Waals surface area (Å²) in [5, 5.41) is 2.91. The predicted octanol–water partition coefficient (Wildman–Crippen LogP) is 4.16. The fourth-order valence-corrected chi connectivity index (χ4v) is 2.88. The number of carbonyl (C=O) groups is 1. The molecule has 0 bridgehead atoms. The molecular formula is C22H29NO4. The van der Waals surface area contributed by atoms with Gasteiger partial charge in [-0.3, -0.25) is 4.79 Å². The highest BCUT2D eigenvalue weighted by Gasteiger charge is 2.14. The van der Waals surface area contributed by atoms with Crippen molar-refractivity contribution >= 4 is 5.91 Å². The molecule has 0 aliphatic heterocycles. The molecule has 5 heteroatoms. The highest BCUT2D eigenvalue weighted by Crippen LogP contribution is 2.28. The number of carbonyl (C=O) groups excluding carboxylic acids is 1. The van der Waals surface area contributed by atoms with E-state index in [9.17, 15) is 4.79 Å². The Hall–Kier alpha value is -2.53. The van der Waals surface area contributed by atoms with Gasteiger partial charge in [0.2, 0.25) is 0 Å². The molecule has 0 saturated carbocycles. The molecule has 2 aromatic rings. The Morgan fingerprint density at radius 1 is 1.04 bits per heavy atom. The van der Waals surface area contributed by atoms with E-state index in [4.69, 9.17) is 14.2 Å². The Morgan fingerprint density at radius 3 is 2.44 bits per heavy atom. The average Bonchev–Trinajstić information content (AvgIpc) is 2.66. The topological polar surface area (TPSA) is 56.8 Å². The lowest BCUT2D eigenvalue weighted by Crippen LogP contribution is -2.35. The van der Waals surface area contributed by atoms with Gasteiger partial charge in [-0.15, -0.1) is 0 Å². The van der Waals surface area contributed by atoms with Crippen LogP contribution in [0.25, 0.3) is 0 Å². The second kappa shape index (κ2) is 9.97. The van der Waals surface area contributed by atoms with Crippen molar-refractivity contribution in [2.75, 3.05) is 20.8 Å². The highest BCUT2D eigenvalue weighted by atomic mass is 16.5. The van der Waals surface area contributed by atoms with Gasteiger partial charge in [-0.25, -0.2) is 0 Å². The number of hydrogen-bond donors (Lipinski definition) is 1. The van der Waals surface area contributed by atoms with Gasteiger partial charge >= 0.3 is 0 Å². The summed E-state index contributed by atoms with van der Waals surface area (Å²) in [5.41, 5.74) is 2.54. The fraction of sp³-hybridized carbons (Fsp3) is 0.409. The molecule has 2 rings (SSSR count). The standard InChI is InChI=1S/C22H29NO4/c1-15(2)19-8-6-7-9-21(19)27-14-18-12-17(10-11-20(18)26-5)22(24)23-16(3)13-25-4/h6-12,15-16H,13-14H2,1-5H3,(H,23,24)/t16-/m1/s1. The van der Waals surface area contributed by atoms with Crippen LogP contribution in [0.15, 0.2) is 42.5 Å². The first kappa shape index (κ1) is 20.8. The monoisotopic (exact) mass is 371 g/mol. The molecule has 2 aromatic carbocycles. The molecular weight excluding hydrogens is 342 g/mol. The summed E-state index contributed by atoms with van der Waals surface area (Å²) in [6, 6.07) is 13.3. The zero-order valence-electron chi connectivity index (χ0n) is 16.7. The van der Waals surface area contributed by atoms with Gasteiger partial charge in [-0.05, 0) is 42.7 Å². The van der Waals surface area contributed by atoms with Crippen LogP contribution in [0, 0.1) is 0 Å². The second-order valence-corrected chi connectivity index (χ2v) is 6.84. The summed E-state index contributed by atoms with van der Waals surface area (Å²) in [6.07, 6.45) is 0. The quantitative estimate of drug-likeness (QED) is 0.719. The van der Waals surface area contributed by atoms with E-state index < -0.39 is 0 Å². The molecule has 1 atom stereocenters. The number of ether oxygens (including phenoxy) is 3. The molecule has 0 heterocycles. The van der Waals surface area contributed by atoms with E-state index in [1.165, 1.54) is 0 Å². The number of methoxy groups -OCH3 is 2. The molecule has 146 valence electrons. The van der Waals surface area contributed by atoms with E-state index in [1.807, 2.05) is 31.2 Å². The lowest BCUT2D eigenvalue weighted by molar-refractivity contribution is 0.0905. The maximum Gasteiger partial charge on any atom is 0.251 e. The van der Waals surface area contributed by atoms with Gasteiger partial charge in [0, 0.05) is 24.3 Å². The molecule has 27 heavy (non-hydrogen) atoms. The van der Waals surface area contributed by atoms with Crippen molar-refractivity contribution in [3.05, 3.63) is 59.2 Å². The zero-order chi connectivity index (χ0) is 19.8. The minimum absolute atomic E-state index is 0.0674. The fourth-order valence-electron chi connectivity index (χ4n) is 2.88. The van der Waals surface area contributed by atoms with Crippen LogP contribution in [0.3, 0.4) is 0 Å². The van der Waals surface area contributed by atoms with Crippen LogP contribution < -0.4 is 14.8 Å². The molecule has 0 fully saturated rings. The van der Waals surface area contributed by atoms with Crippen LogP contribution in [0.4, 0.5) is 0 Å². The first-order valence-electron chi connectivity index (χ1n) is 9.14. The van der Waals surface area contributed by atoms with Crippen LogP contribution in [0.2, 0.25) is 0 Å². The second-order valence-electron chi connectivity index (χ2n) is 6.84. The maximum absolute atomic E-state index is 12.5. The van der Waals surface area contributed by atoms with E-state index in [2.05, 4.69) is 25.2 Å². The summed E-state index contributed by atoms with van der Waals surface area (Å²) in [7, 11) is 3.22. The van der Waals surface area contributed by atoms with E-state index in [1.54, 1.807) is 26.4 Å². The Kier molecular flexibility index (Phi) is 7.67. The molecule has 5 nitrogen and oxygen atoms in total. The first-order chi connectivity index (χ1) is 13.0. The number of benzene rings is 2. The van der Waals surface area contributed by atoms with E-state index >= 15 is 0 Å². The Morgan fingerprint density at radius 2 is 1.78 bits per heavy atom. The van der Waals surface area contributed by atoms with Gasteiger partial charge in [0.1, 0.15) is 18.1 Å². The predicted molar refractivity (Wildman–Crippen MR) is 107 cm³/mol. The lowest BCUT2D eigenvalue weighted by atomic mass is 10.0. The summed E-state index contributed by atoms with van der Waals surface area (Å²) < 4.78 is 16.5. The smallest absolute Gasteiger partial charge is 0.251 e. The summed E-state index contributed by atoms with van der Waals surface area (Å²) >= 11 is 0. The van der Waals surface area contributed by atoms with E-state index in [-0.39, 0.29) is 11.9 Å². The third-order valence-electron chi connectivity index (χ3n) is 4.26. The van der Waals surface area contributed by atoms with Crippen molar-refractivity contribution in [3.8, 4) is 11.5 Å². The third kappa shape index (κ3) is 5.73. The first-order valence-corrected chi connectivity index (χ1v) is 9.14. The van der Waals surface area contributed by atoms with Crippen molar-refractivity contribution in [3.63, 3.8) is 0 Å². The van der Waals surface area contributed by atoms with Gasteiger partial charge in [0.05, 0.1) is 13.7 Å². The lowest BCUT2D eigenvalue weighted by Gasteiger charge is -2.16. The number of nitrogens with one attached hydrogen (secondary N) is 1. The molecule has 0 aliphatic rings. The van der Waals surface area contributed by atoms with Gasteiger partial charge in [-0.1, -0.05) is 32.0 Å². The molecule has 0 spiro atoms. The molecule has 1 N–H and O–H groups in total. The van der Waals surface area contributed by atoms with Crippen molar-refractivity contribution in [2.24, 2.45) is 0 Å². The van der Waals surface area contributed by atoms with Gasteiger partial charge < -0.3 is 19.5 Å². The van der Waals surface area contributed by atoms with Crippen LogP contribution in [0.5, 0.6) is 11.5 Å². The zero-order valence-corrected chi connectivity index (χ0v) is 16.7. The Balaban J connectivity index is 2.17. The Labute approximate surface area is 161 Å². The highest BCUT2D eigenvalue weighted by molar-refractivity contribution is 5.94. The summed E-state index contributed by atoms with van der Waals surface area (Å²) in [6.45, 7) is 6.95. The molecule has 0 unspecified atom stereocenters. The largest absolute Gasteiger partial charge is 0.496 e. The Bertz CT molecular complexity index is 758. The third-order valence-corrected chi connectivity index (χ3v) is 4.26. The van der Waals surface area contributed by atoms with Gasteiger partial charge in [0.25, 0.3) is 5.91 Å². The van der Waals surface area contributed by atoms with Gasteiger partial charge in [0.15, 0.2) is 0 Å². The average molecular weight is 371 g/mol. The minimum atomic E-state index is -0.147. The molecule has 0 saturated heterocycles. The van der Waals surface area contributed by atoms with Crippen LogP contribution in [-0.2, 0) is 11.3 Å². The van der Waals surface area contributed by atoms with E-state index in [0.29, 0.717) is 30.4 Å². The van der Waals surface area contributed by atoms with Crippen molar-refractivity contribution in [1.82, 2.24) is 5.32 Å². The number of rotatable bonds is 9. The van der Waals surface area contributed by atoms with Crippen LogP contribution in [0.1, 0.15) is 48.2 Å². The normalized spacial score (nSPS) is 11.9. The minimum Gasteiger partial charge on any atom is -0.496 e. The van der Waals surface area contributed by atoms with Crippen LogP contribution >= 0.6 is 0 Å². The van der Waals surface area contributed by atoms with Crippen molar-refractivity contribution in [2.45, 2.75) is 39.3 Å². The van der Waals surface area contributed by atoms with Gasteiger partial charge in [-0.2, -0.15) is 0 Å². The number of para-hydroxylation sites is 1. The summed E-state index contributed by atoms with van der Waals surface area (Å²) in [4.78, 5) is 12.5.